The molecule has 1 fully saturated rings. The number of anilines is 2. The molecule has 8 heteroatoms. The predicted molar refractivity (Wildman–Crippen MR) is 122 cm³/mol. The molecule has 1 aliphatic rings. The molecule has 1 amide bonds. The van der Waals surface area contributed by atoms with Crippen molar-refractivity contribution in [1.29, 1.82) is 0 Å². The summed E-state index contributed by atoms with van der Waals surface area (Å²) >= 11 is 0. The Morgan fingerprint density at radius 2 is 1.81 bits per heavy atom. The molecule has 1 saturated heterocycles. The fourth-order valence-electron chi connectivity index (χ4n) is 3.79. The summed E-state index contributed by atoms with van der Waals surface area (Å²) in [4.78, 5) is 29.2. The van der Waals surface area contributed by atoms with Gasteiger partial charge >= 0.3 is 0 Å². The number of halogens is 1. The zero-order chi connectivity index (χ0) is 22.8. The van der Waals surface area contributed by atoms with Crippen molar-refractivity contribution in [2.45, 2.75) is 13.0 Å². The Labute approximate surface area is 185 Å². The van der Waals surface area contributed by atoms with Crippen molar-refractivity contribution in [3.8, 4) is 0 Å². The highest BCUT2D eigenvalue weighted by Crippen LogP contribution is 2.30. The Morgan fingerprint density at radius 3 is 2.47 bits per heavy atom. The van der Waals surface area contributed by atoms with Crippen molar-refractivity contribution in [3.05, 3.63) is 69.6 Å². The van der Waals surface area contributed by atoms with Gasteiger partial charge < -0.3 is 24.3 Å². The molecular formula is C24H26FN3O4. The van der Waals surface area contributed by atoms with Gasteiger partial charge in [0.05, 0.1) is 24.6 Å². The van der Waals surface area contributed by atoms with Crippen molar-refractivity contribution in [2.24, 2.45) is 0 Å². The maximum Gasteiger partial charge on any atom is 0.253 e. The minimum absolute atomic E-state index is 0.209. The maximum atomic E-state index is 13.3. The van der Waals surface area contributed by atoms with Crippen LogP contribution in [0.15, 0.2) is 51.7 Å². The van der Waals surface area contributed by atoms with Crippen LogP contribution in [0.25, 0.3) is 11.0 Å². The topological polar surface area (TPSA) is 75.0 Å². The van der Waals surface area contributed by atoms with Gasteiger partial charge in [0.25, 0.3) is 5.91 Å². The molecule has 1 aromatic heterocycles. The zero-order valence-electron chi connectivity index (χ0n) is 18.4. The van der Waals surface area contributed by atoms with E-state index in [-0.39, 0.29) is 23.2 Å². The number of benzene rings is 2. The molecule has 2 heterocycles. The fourth-order valence-corrected chi connectivity index (χ4v) is 3.79. The van der Waals surface area contributed by atoms with Crippen LogP contribution in [0.4, 0.5) is 16.0 Å². The van der Waals surface area contributed by atoms with E-state index in [1.165, 1.54) is 23.1 Å². The van der Waals surface area contributed by atoms with Crippen LogP contribution < -0.4 is 15.6 Å². The van der Waals surface area contributed by atoms with E-state index in [0.717, 1.165) is 0 Å². The van der Waals surface area contributed by atoms with Crippen molar-refractivity contribution in [3.63, 3.8) is 0 Å². The van der Waals surface area contributed by atoms with Crippen LogP contribution in [0.1, 0.15) is 28.9 Å². The lowest BCUT2D eigenvalue weighted by Gasteiger charge is -2.27. The minimum Gasteiger partial charge on any atom is -0.440 e. The molecule has 32 heavy (non-hydrogen) atoms. The summed E-state index contributed by atoms with van der Waals surface area (Å²) in [5, 5.41) is 3.65. The number of carbonyl (C=O) groups excluding carboxylic acids is 1. The molecule has 1 N–H and O–H groups in total. The van der Waals surface area contributed by atoms with Gasteiger partial charge in [0, 0.05) is 50.1 Å². The van der Waals surface area contributed by atoms with Gasteiger partial charge in [-0.25, -0.2) is 4.39 Å². The molecule has 1 unspecified atom stereocenters. The third-order valence-electron chi connectivity index (χ3n) is 5.51. The second kappa shape index (κ2) is 9.00. The Hall–Kier alpha value is -3.39. The number of hydrogen-bond donors (Lipinski definition) is 1. The number of carbonyl (C=O) groups is 1. The number of nitrogens with one attached hydrogen (secondary N) is 1. The number of morpholine rings is 1. The summed E-state index contributed by atoms with van der Waals surface area (Å²) in [7, 11) is 3.33. The quantitative estimate of drug-likeness (QED) is 0.654. The molecule has 0 aliphatic carbocycles. The average molecular weight is 439 g/mol. The standard InChI is InChI=1S/C24H26FN3O4/c1-15(26-18-6-4-17(25)5-7-18)19-12-16(24(30)27(2)3)13-20-21(29)14-22(32-23(19)20)28-8-10-31-11-9-28/h4-7,12-15,26H,8-11H2,1-3H3. The van der Waals surface area contributed by atoms with E-state index in [9.17, 15) is 14.0 Å². The van der Waals surface area contributed by atoms with Gasteiger partial charge in [-0.05, 0) is 43.3 Å². The van der Waals surface area contributed by atoms with Gasteiger partial charge in [-0.15, -0.1) is 0 Å². The molecule has 0 spiro atoms. The van der Waals surface area contributed by atoms with Crippen molar-refractivity contribution in [1.82, 2.24) is 4.90 Å². The van der Waals surface area contributed by atoms with E-state index in [4.69, 9.17) is 9.15 Å². The molecule has 4 rings (SSSR count). The number of ether oxygens (including phenoxy) is 1. The van der Waals surface area contributed by atoms with Crippen molar-refractivity contribution in [2.75, 3.05) is 50.6 Å². The van der Waals surface area contributed by atoms with Crippen molar-refractivity contribution < 1.29 is 18.3 Å². The third kappa shape index (κ3) is 4.45. The number of amides is 1. The van der Waals surface area contributed by atoms with Crippen LogP contribution in [-0.4, -0.2) is 51.2 Å². The third-order valence-corrected chi connectivity index (χ3v) is 5.51. The maximum absolute atomic E-state index is 13.3. The summed E-state index contributed by atoms with van der Waals surface area (Å²) in [6.45, 7) is 4.29. The molecule has 1 atom stereocenters. The van der Waals surface area contributed by atoms with E-state index in [1.54, 1.807) is 38.4 Å². The number of nitrogens with zero attached hydrogens (tertiary/aromatic N) is 2. The molecule has 0 radical (unpaired) electrons. The number of hydrogen-bond acceptors (Lipinski definition) is 6. The summed E-state index contributed by atoms with van der Waals surface area (Å²) in [5.74, 6) is -0.0557. The minimum atomic E-state index is -0.326. The summed E-state index contributed by atoms with van der Waals surface area (Å²) in [6.07, 6.45) is 0. The van der Waals surface area contributed by atoms with Gasteiger partial charge in [-0.2, -0.15) is 0 Å². The Morgan fingerprint density at radius 1 is 1.12 bits per heavy atom. The lowest BCUT2D eigenvalue weighted by atomic mass is 10.00. The molecule has 7 nitrogen and oxygen atoms in total. The van der Waals surface area contributed by atoms with E-state index in [1.807, 2.05) is 11.8 Å². The van der Waals surface area contributed by atoms with Crippen LogP contribution in [0.5, 0.6) is 0 Å². The largest absolute Gasteiger partial charge is 0.440 e. The molecule has 1 aliphatic heterocycles. The highest BCUT2D eigenvalue weighted by molar-refractivity contribution is 5.98. The van der Waals surface area contributed by atoms with E-state index >= 15 is 0 Å². The zero-order valence-corrected chi connectivity index (χ0v) is 18.4. The first-order valence-electron chi connectivity index (χ1n) is 10.5. The predicted octanol–water partition coefficient (Wildman–Crippen LogP) is 3.64. The van der Waals surface area contributed by atoms with Crippen LogP contribution in [0.2, 0.25) is 0 Å². The molecule has 168 valence electrons. The van der Waals surface area contributed by atoms with Crippen LogP contribution in [-0.2, 0) is 4.74 Å². The smallest absolute Gasteiger partial charge is 0.253 e. The normalized spacial score (nSPS) is 14.9. The van der Waals surface area contributed by atoms with Gasteiger partial charge in [-0.1, -0.05) is 0 Å². The first-order valence-corrected chi connectivity index (χ1v) is 10.5. The Kier molecular flexibility index (Phi) is 6.14. The number of rotatable bonds is 5. The molecule has 0 saturated carbocycles. The van der Waals surface area contributed by atoms with Gasteiger partial charge in [-0.3, -0.25) is 9.59 Å². The first kappa shape index (κ1) is 21.8. The van der Waals surface area contributed by atoms with Gasteiger partial charge in [0.2, 0.25) is 0 Å². The summed E-state index contributed by atoms with van der Waals surface area (Å²) in [6, 6.07) is 10.5. The highest BCUT2D eigenvalue weighted by atomic mass is 19.1. The van der Waals surface area contributed by atoms with E-state index in [0.29, 0.717) is 60.0 Å². The highest BCUT2D eigenvalue weighted by Gasteiger charge is 2.22. The second-order valence-electron chi connectivity index (χ2n) is 8.06. The average Bonchev–Trinajstić information content (AvgIpc) is 2.80. The molecule has 0 bridgehead atoms. The molecule has 3 aromatic rings. The van der Waals surface area contributed by atoms with E-state index in [2.05, 4.69) is 5.32 Å². The molecular weight excluding hydrogens is 413 g/mol. The lowest BCUT2D eigenvalue weighted by Crippen LogP contribution is -2.36. The van der Waals surface area contributed by atoms with Crippen LogP contribution in [0.3, 0.4) is 0 Å². The lowest BCUT2D eigenvalue weighted by molar-refractivity contribution is 0.0827. The SMILES string of the molecule is CC(Nc1ccc(F)cc1)c1cc(C(=O)N(C)C)cc2c(=O)cc(N3CCOCC3)oc12. The summed E-state index contributed by atoms with van der Waals surface area (Å²) in [5.41, 5.74) is 2.00. The Balaban J connectivity index is 1.83. The number of fused-ring (bicyclic) bond motifs is 1. The van der Waals surface area contributed by atoms with Gasteiger partial charge in [0.15, 0.2) is 11.3 Å². The van der Waals surface area contributed by atoms with Crippen LogP contribution >= 0.6 is 0 Å². The molecule has 2 aromatic carbocycles. The first-order chi connectivity index (χ1) is 15.3. The fraction of sp³-hybridized carbons (Fsp3) is 0.333. The summed E-state index contributed by atoms with van der Waals surface area (Å²) < 4.78 is 24.9. The van der Waals surface area contributed by atoms with Crippen LogP contribution in [0, 0.1) is 5.82 Å². The van der Waals surface area contributed by atoms with Gasteiger partial charge in [0.1, 0.15) is 11.4 Å². The van der Waals surface area contributed by atoms with E-state index < -0.39 is 0 Å². The monoisotopic (exact) mass is 439 g/mol. The second-order valence-corrected chi connectivity index (χ2v) is 8.06. The Bertz CT molecular complexity index is 1180. The van der Waals surface area contributed by atoms with Crippen molar-refractivity contribution >= 4 is 28.4 Å².